The molecule has 6 nitrogen and oxygen atoms in total. The zero-order valence-electron chi connectivity index (χ0n) is 17.5. The van der Waals surface area contributed by atoms with Crippen LogP contribution in [0.15, 0.2) is 30.5 Å². The van der Waals surface area contributed by atoms with Gasteiger partial charge in [-0.3, -0.25) is 14.9 Å². The average Bonchev–Trinajstić information content (AvgIpc) is 3.18. The molecule has 0 spiro atoms. The van der Waals surface area contributed by atoms with Crippen molar-refractivity contribution in [1.82, 2.24) is 25.4 Å². The fourth-order valence-electron chi connectivity index (χ4n) is 4.26. The summed E-state index contributed by atoms with van der Waals surface area (Å²) in [6.45, 7) is 4.89. The number of carbonyl (C=O) groups is 1. The average molecular weight is 384 g/mol. The first-order chi connectivity index (χ1) is 13.5. The Morgan fingerprint density at radius 3 is 2.57 bits per heavy atom. The van der Waals surface area contributed by atoms with Crippen molar-refractivity contribution in [3.05, 3.63) is 47.5 Å². The van der Waals surface area contributed by atoms with Gasteiger partial charge < -0.3 is 10.2 Å². The van der Waals surface area contributed by atoms with E-state index in [1.54, 1.807) is 0 Å². The molecule has 1 atom stereocenters. The lowest BCUT2D eigenvalue weighted by molar-refractivity contribution is 0.0929. The summed E-state index contributed by atoms with van der Waals surface area (Å²) in [5.41, 5.74) is 2.64. The third kappa shape index (κ3) is 4.98. The summed E-state index contributed by atoms with van der Waals surface area (Å²) in [4.78, 5) is 19.2. The van der Waals surface area contributed by atoms with Crippen molar-refractivity contribution in [2.45, 2.75) is 51.5 Å². The molecule has 0 saturated heterocycles. The molecule has 1 unspecified atom stereocenters. The molecule has 1 aliphatic rings. The number of aromatic amines is 1. The minimum atomic E-state index is -0.0788. The Balaban J connectivity index is 1.50. The highest BCUT2D eigenvalue weighted by Crippen LogP contribution is 2.38. The summed E-state index contributed by atoms with van der Waals surface area (Å²) < 4.78 is 0. The van der Waals surface area contributed by atoms with E-state index in [2.05, 4.69) is 65.5 Å². The minimum Gasteiger partial charge on any atom is -0.350 e. The number of aromatic nitrogens is 3. The van der Waals surface area contributed by atoms with E-state index < -0.39 is 0 Å². The Labute approximate surface area is 168 Å². The van der Waals surface area contributed by atoms with Gasteiger partial charge in [-0.15, -0.1) is 0 Å². The zero-order chi connectivity index (χ0) is 20.1. The standard InChI is InChI=1S/C22H33N5O/c1-15(2)19-13-20(26-25-19)22(28)24-14-16-8-10-17(11-9-16)21(27(3)4)18-7-5-6-12-23-18/h5-7,12-13,15-17,21H,8-11,14H2,1-4H3,(H,24,28)(H,25,26). The lowest BCUT2D eigenvalue weighted by Crippen LogP contribution is -2.35. The van der Waals surface area contributed by atoms with Crippen molar-refractivity contribution in [2.75, 3.05) is 20.6 Å². The lowest BCUT2D eigenvalue weighted by Gasteiger charge is -2.37. The summed E-state index contributed by atoms with van der Waals surface area (Å²) in [5.74, 6) is 1.41. The molecule has 1 fully saturated rings. The molecular weight excluding hydrogens is 350 g/mol. The summed E-state index contributed by atoms with van der Waals surface area (Å²) in [6.07, 6.45) is 6.49. The Bertz CT molecular complexity index is 747. The second kappa shape index (κ2) is 9.32. The van der Waals surface area contributed by atoms with Crippen LogP contribution >= 0.6 is 0 Å². The number of rotatable bonds is 7. The van der Waals surface area contributed by atoms with Crippen molar-refractivity contribution in [3.8, 4) is 0 Å². The Kier molecular flexibility index (Phi) is 6.83. The highest BCUT2D eigenvalue weighted by atomic mass is 16.1. The normalized spacial score (nSPS) is 21.1. The minimum absolute atomic E-state index is 0.0788. The van der Waals surface area contributed by atoms with Crippen molar-refractivity contribution < 1.29 is 4.79 Å². The molecule has 2 aromatic heterocycles. The van der Waals surface area contributed by atoms with E-state index in [-0.39, 0.29) is 5.91 Å². The molecule has 1 saturated carbocycles. The van der Waals surface area contributed by atoms with E-state index in [9.17, 15) is 4.79 Å². The fourth-order valence-corrected chi connectivity index (χ4v) is 4.26. The summed E-state index contributed by atoms with van der Waals surface area (Å²) in [6, 6.07) is 8.38. The van der Waals surface area contributed by atoms with Crippen LogP contribution in [0.1, 0.15) is 73.4 Å². The second-order valence-electron chi connectivity index (χ2n) is 8.52. The molecule has 1 amide bonds. The van der Waals surface area contributed by atoms with Crippen LogP contribution in [0.3, 0.4) is 0 Å². The van der Waals surface area contributed by atoms with Gasteiger partial charge in [0.1, 0.15) is 5.69 Å². The molecule has 28 heavy (non-hydrogen) atoms. The quantitative estimate of drug-likeness (QED) is 0.763. The van der Waals surface area contributed by atoms with E-state index in [0.29, 0.717) is 29.5 Å². The van der Waals surface area contributed by atoms with Gasteiger partial charge in [0.05, 0.1) is 11.7 Å². The number of hydrogen-bond acceptors (Lipinski definition) is 4. The smallest absolute Gasteiger partial charge is 0.271 e. The fraction of sp³-hybridized carbons (Fsp3) is 0.591. The molecule has 2 heterocycles. The molecule has 0 aromatic carbocycles. The SMILES string of the molecule is CC(C)c1cc(C(=O)NCC2CCC(C(c3ccccn3)N(C)C)CC2)n[nH]1. The number of carbonyl (C=O) groups excluding carboxylic acids is 1. The maximum atomic E-state index is 12.4. The Morgan fingerprint density at radius 2 is 2.00 bits per heavy atom. The zero-order valence-corrected chi connectivity index (χ0v) is 17.5. The highest BCUT2D eigenvalue weighted by Gasteiger charge is 2.30. The van der Waals surface area contributed by atoms with Crippen LogP contribution in [-0.4, -0.2) is 46.6 Å². The van der Waals surface area contributed by atoms with Gasteiger partial charge in [-0.1, -0.05) is 19.9 Å². The van der Waals surface area contributed by atoms with E-state index in [1.165, 1.54) is 12.8 Å². The van der Waals surface area contributed by atoms with E-state index in [1.807, 2.05) is 18.3 Å². The molecule has 1 aliphatic carbocycles. The van der Waals surface area contributed by atoms with Crippen LogP contribution in [0, 0.1) is 11.8 Å². The van der Waals surface area contributed by atoms with E-state index in [0.717, 1.165) is 30.8 Å². The van der Waals surface area contributed by atoms with Crippen LogP contribution in [0.4, 0.5) is 0 Å². The first-order valence-corrected chi connectivity index (χ1v) is 10.4. The van der Waals surface area contributed by atoms with Crippen molar-refractivity contribution in [3.63, 3.8) is 0 Å². The molecule has 3 rings (SSSR count). The van der Waals surface area contributed by atoms with Gasteiger partial charge in [0.25, 0.3) is 5.91 Å². The molecule has 6 heteroatoms. The predicted octanol–water partition coefficient (Wildman–Crippen LogP) is 3.77. The second-order valence-corrected chi connectivity index (χ2v) is 8.52. The van der Waals surface area contributed by atoms with E-state index in [4.69, 9.17) is 0 Å². The van der Waals surface area contributed by atoms with Crippen LogP contribution in [0.5, 0.6) is 0 Å². The van der Waals surface area contributed by atoms with Gasteiger partial charge in [0.15, 0.2) is 0 Å². The molecule has 2 N–H and O–H groups in total. The monoisotopic (exact) mass is 383 g/mol. The topological polar surface area (TPSA) is 73.9 Å². The number of pyridine rings is 1. The summed E-state index contributed by atoms with van der Waals surface area (Å²) in [5, 5.41) is 10.2. The first kappa shape index (κ1) is 20.5. The number of nitrogens with one attached hydrogen (secondary N) is 2. The van der Waals surface area contributed by atoms with Crippen LogP contribution < -0.4 is 5.32 Å². The molecule has 0 aliphatic heterocycles. The van der Waals surface area contributed by atoms with Gasteiger partial charge in [-0.25, -0.2) is 0 Å². The molecule has 152 valence electrons. The van der Waals surface area contributed by atoms with Gasteiger partial charge in [-0.2, -0.15) is 5.10 Å². The first-order valence-electron chi connectivity index (χ1n) is 10.4. The van der Waals surface area contributed by atoms with Crippen LogP contribution in [0.2, 0.25) is 0 Å². The largest absolute Gasteiger partial charge is 0.350 e. The lowest BCUT2D eigenvalue weighted by atomic mass is 9.77. The van der Waals surface area contributed by atoms with Gasteiger partial charge in [-0.05, 0) is 75.7 Å². The number of nitrogens with zero attached hydrogens (tertiary/aromatic N) is 3. The highest BCUT2D eigenvalue weighted by molar-refractivity contribution is 5.92. The van der Waals surface area contributed by atoms with Crippen LogP contribution in [-0.2, 0) is 0 Å². The molecule has 2 aromatic rings. The van der Waals surface area contributed by atoms with Gasteiger partial charge >= 0.3 is 0 Å². The van der Waals surface area contributed by atoms with Crippen LogP contribution in [0.25, 0.3) is 0 Å². The van der Waals surface area contributed by atoms with Crippen molar-refractivity contribution in [1.29, 1.82) is 0 Å². The maximum Gasteiger partial charge on any atom is 0.271 e. The van der Waals surface area contributed by atoms with Gasteiger partial charge in [0, 0.05) is 18.4 Å². The molecule has 0 radical (unpaired) electrons. The summed E-state index contributed by atoms with van der Waals surface area (Å²) >= 11 is 0. The third-order valence-electron chi connectivity index (χ3n) is 5.89. The van der Waals surface area contributed by atoms with Gasteiger partial charge in [0.2, 0.25) is 0 Å². The molecular formula is C22H33N5O. The molecule has 0 bridgehead atoms. The maximum absolute atomic E-state index is 12.4. The van der Waals surface area contributed by atoms with E-state index >= 15 is 0 Å². The number of H-pyrrole nitrogens is 1. The third-order valence-corrected chi connectivity index (χ3v) is 5.89. The Hall–Kier alpha value is -2.21. The number of amides is 1. The van der Waals surface area contributed by atoms with Crippen molar-refractivity contribution in [2.24, 2.45) is 11.8 Å². The number of hydrogen-bond donors (Lipinski definition) is 2. The predicted molar refractivity (Wildman–Crippen MR) is 111 cm³/mol. The summed E-state index contributed by atoms with van der Waals surface area (Å²) in [7, 11) is 4.28. The van der Waals surface area contributed by atoms with Crippen molar-refractivity contribution >= 4 is 5.91 Å². The Morgan fingerprint density at radius 1 is 1.25 bits per heavy atom.